The van der Waals surface area contributed by atoms with Crippen molar-refractivity contribution in [3.05, 3.63) is 53.6 Å². The van der Waals surface area contributed by atoms with E-state index in [1.54, 1.807) is 12.1 Å². The summed E-state index contributed by atoms with van der Waals surface area (Å²) in [6.07, 6.45) is 17.5. The molecule has 0 bridgehead atoms. The van der Waals surface area contributed by atoms with Crippen molar-refractivity contribution in [1.29, 1.82) is 0 Å². The number of hydrogen-bond acceptors (Lipinski definition) is 4. The van der Waals surface area contributed by atoms with E-state index >= 15 is 0 Å². The molecule has 6 nitrogen and oxygen atoms in total. The van der Waals surface area contributed by atoms with E-state index in [4.69, 9.17) is 0 Å². The highest BCUT2D eigenvalue weighted by molar-refractivity contribution is 5.88. The number of carbonyl (C=O) groups excluding carboxylic acids is 1. The van der Waals surface area contributed by atoms with Crippen LogP contribution in [0.25, 0.3) is 5.57 Å². The fourth-order valence-corrected chi connectivity index (χ4v) is 14.9. The third kappa shape index (κ3) is 5.76. The lowest BCUT2D eigenvalue weighted by Gasteiger charge is -2.72. The molecule has 53 heavy (non-hydrogen) atoms. The molecule has 5 saturated carbocycles. The van der Waals surface area contributed by atoms with Crippen molar-refractivity contribution < 1.29 is 14.7 Å². The zero-order valence-electron chi connectivity index (χ0n) is 33.9. The van der Waals surface area contributed by atoms with Gasteiger partial charge in [0.2, 0.25) is 5.91 Å². The number of fused-ring (bicyclic) bond motifs is 7. The maximum absolute atomic E-state index is 12.8. The van der Waals surface area contributed by atoms with Gasteiger partial charge in [0.1, 0.15) is 0 Å². The van der Waals surface area contributed by atoms with E-state index in [-0.39, 0.29) is 16.4 Å². The molecular weight excluding hydrogens is 655 g/mol. The van der Waals surface area contributed by atoms with Crippen LogP contribution in [0, 0.1) is 57.2 Å². The summed E-state index contributed by atoms with van der Waals surface area (Å²) in [4.78, 5) is 29.2. The zero-order valence-corrected chi connectivity index (χ0v) is 33.9. The molecule has 6 heteroatoms. The van der Waals surface area contributed by atoms with Crippen LogP contribution in [0.3, 0.4) is 0 Å². The van der Waals surface area contributed by atoms with Gasteiger partial charge in [-0.25, -0.2) is 4.79 Å². The second-order valence-corrected chi connectivity index (χ2v) is 20.5. The van der Waals surface area contributed by atoms with Crippen LogP contribution < -0.4 is 5.32 Å². The van der Waals surface area contributed by atoms with E-state index in [0.29, 0.717) is 57.8 Å². The van der Waals surface area contributed by atoms with Crippen molar-refractivity contribution in [3.63, 3.8) is 0 Å². The van der Waals surface area contributed by atoms with E-state index in [2.05, 4.69) is 69.3 Å². The molecule has 1 aromatic carbocycles. The van der Waals surface area contributed by atoms with Crippen molar-refractivity contribution in [2.45, 2.75) is 124 Å². The molecule has 7 aliphatic rings. The maximum Gasteiger partial charge on any atom is 0.335 e. The Hall–Kier alpha value is -2.44. The SMILES string of the molecule is C=C(C)[C@@H]1CC[C@]2(NCCN3CCN(C(=O)C4CCC4)CC3)CC[C@]3(C)[C@H](CCC4[C@@]5(C)CC=C(c6ccc(C(=O)O)cc6)C(C)(C)C5CC[C@]43C)C12. The lowest BCUT2D eigenvalue weighted by Crippen LogP contribution is -2.68. The van der Waals surface area contributed by atoms with Crippen molar-refractivity contribution in [3.8, 4) is 0 Å². The maximum atomic E-state index is 12.8. The highest BCUT2D eigenvalue weighted by atomic mass is 16.4. The number of amides is 1. The number of allylic oxidation sites excluding steroid dienone is 3. The molecule has 8 rings (SSSR count). The first-order chi connectivity index (χ1) is 25.1. The summed E-state index contributed by atoms with van der Waals surface area (Å²) in [5, 5.41) is 13.8. The van der Waals surface area contributed by atoms with Gasteiger partial charge in [-0.05, 0) is 152 Å². The number of nitrogens with one attached hydrogen (secondary N) is 1. The van der Waals surface area contributed by atoms with Crippen LogP contribution in [0.2, 0.25) is 0 Å². The van der Waals surface area contributed by atoms with Gasteiger partial charge in [0.25, 0.3) is 0 Å². The highest BCUT2D eigenvalue weighted by Crippen LogP contribution is 2.76. The molecule has 1 aromatic rings. The average molecular weight is 724 g/mol. The molecule has 6 aliphatic carbocycles. The molecule has 6 fully saturated rings. The summed E-state index contributed by atoms with van der Waals surface area (Å²) in [5.41, 5.74) is 5.46. The summed E-state index contributed by atoms with van der Waals surface area (Å²) in [7, 11) is 0. The smallest absolute Gasteiger partial charge is 0.335 e. The van der Waals surface area contributed by atoms with Gasteiger partial charge in [-0.2, -0.15) is 0 Å². The van der Waals surface area contributed by atoms with Crippen molar-refractivity contribution in [2.24, 2.45) is 57.2 Å². The quantitative estimate of drug-likeness (QED) is 0.262. The molecule has 290 valence electrons. The number of rotatable bonds is 8. The average Bonchev–Trinajstić information content (AvgIpc) is 3.48. The van der Waals surface area contributed by atoms with Gasteiger partial charge in [-0.3, -0.25) is 9.69 Å². The summed E-state index contributed by atoms with van der Waals surface area (Å²) >= 11 is 0. The van der Waals surface area contributed by atoms with Crippen LogP contribution in [0.4, 0.5) is 0 Å². The van der Waals surface area contributed by atoms with Crippen molar-refractivity contribution in [1.82, 2.24) is 15.1 Å². The molecule has 1 aliphatic heterocycles. The van der Waals surface area contributed by atoms with Crippen molar-refractivity contribution in [2.75, 3.05) is 39.3 Å². The van der Waals surface area contributed by atoms with Crippen LogP contribution in [-0.4, -0.2) is 71.6 Å². The largest absolute Gasteiger partial charge is 0.478 e. The van der Waals surface area contributed by atoms with Gasteiger partial charge in [0.15, 0.2) is 0 Å². The van der Waals surface area contributed by atoms with E-state index in [1.807, 2.05) is 12.1 Å². The van der Waals surface area contributed by atoms with Gasteiger partial charge in [0, 0.05) is 50.7 Å². The minimum atomic E-state index is -0.859. The van der Waals surface area contributed by atoms with Crippen LogP contribution >= 0.6 is 0 Å². The van der Waals surface area contributed by atoms with Gasteiger partial charge >= 0.3 is 5.97 Å². The first kappa shape index (κ1) is 37.5. The lowest BCUT2D eigenvalue weighted by molar-refractivity contribution is -0.219. The van der Waals surface area contributed by atoms with Crippen LogP contribution in [0.5, 0.6) is 0 Å². The third-order valence-electron chi connectivity index (χ3n) is 18.1. The molecule has 1 saturated heterocycles. The Morgan fingerprint density at radius 1 is 0.849 bits per heavy atom. The van der Waals surface area contributed by atoms with Crippen LogP contribution in [0.1, 0.15) is 135 Å². The summed E-state index contributed by atoms with van der Waals surface area (Å²) in [5.74, 6) is 3.14. The highest BCUT2D eigenvalue weighted by Gasteiger charge is 2.70. The molecule has 0 spiro atoms. The number of piperazine rings is 1. The Labute approximate surface area is 320 Å². The second kappa shape index (κ2) is 13.4. The topological polar surface area (TPSA) is 72.9 Å². The molecule has 1 amide bonds. The number of benzene rings is 1. The standard InChI is InChI=1S/C47H69N3O3/c1-31(2)35-17-22-47(48-25-26-49-27-29-50(30-28-49)41(51)33-9-8-10-33)24-23-45(6)37(40(35)47)15-16-39-44(5)20-18-36(32-11-13-34(14-12-32)42(52)53)43(3,4)38(44)19-21-46(39,45)7/h11-14,18,33,35,37-40,48H,1,8-10,15-17,19-30H2,2-7H3,(H,52,53)/t35-,37+,38?,39?,40?,44-,45+,46+,47-/m0/s1. The fraction of sp³-hybridized carbons (Fsp3) is 0.745. The number of aromatic carboxylic acids is 1. The molecule has 3 unspecified atom stereocenters. The minimum Gasteiger partial charge on any atom is -0.478 e. The van der Waals surface area contributed by atoms with Gasteiger partial charge in [0.05, 0.1) is 5.56 Å². The molecule has 9 atom stereocenters. The molecular formula is C47H69N3O3. The number of hydrogen-bond donors (Lipinski definition) is 2. The number of carboxylic acid groups (broad SMARTS) is 1. The Bertz CT molecular complexity index is 1640. The summed E-state index contributed by atoms with van der Waals surface area (Å²) in [6, 6.07) is 7.64. The van der Waals surface area contributed by atoms with E-state index < -0.39 is 5.97 Å². The van der Waals surface area contributed by atoms with E-state index in [9.17, 15) is 14.7 Å². The fourth-order valence-electron chi connectivity index (χ4n) is 14.9. The Kier molecular flexibility index (Phi) is 9.44. The molecule has 0 aromatic heterocycles. The molecule has 0 radical (unpaired) electrons. The first-order valence-corrected chi connectivity index (χ1v) is 21.6. The summed E-state index contributed by atoms with van der Waals surface area (Å²) < 4.78 is 0. The Balaban J connectivity index is 0.995. The van der Waals surface area contributed by atoms with Gasteiger partial charge in [-0.15, -0.1) is 0 Å². The lowest BCUT2D eigenvalue weighted by atomic mass is 9.33. The number of carbonyl (C=O) groups is 2. The minimum absolute atomic E-state index is 0.0255. The predicted molar refractivity (Wildman–Crippen MR) is 214 cm³/mol. The third-order valence-corrected chi connectivity index (χ3v) is 18.1. The first-order valence-electron chi connectivity index (χ1n) is 21.6. The second-order valence-electron chi connectivity index (χ2n) is 20.5. The molecule has 2 N–H and O–H groups in total. The Morgan fingerprint density at radius 2 is 1.57 bits per heavy atom. The van der Waals surface area contributed by atoms with Gasteiger partial charge in [-0.1, -0.05) is 71.4 Å². The molecule has 1 heterocycles. The van der Waals surface area contributed by atoms with Crippen molar-refractivity contribution >= 4 is 17.4 Å². The Morgan fingerprint density at radius 3 is 2.21 bits per heavy atom. The number of carboxylic acids is 1. The monoisotopic (exact) mass is 724 g/mol. The van der Waals surface area contributed by atoms with Gasteiger partial charge < -0.3 is 15.3 Å². The zero-order chi connectivity index (χ0) is 37.6. The van der Waals surface area contributed by atoms with Crippen LogP contribution in [-0.2, 0) is 4.79 Å². The number of nitrogens with zero attached hydrogens (tertiary/aromatic N) is 2. The van der Waals surface area contributed by atoms with E-state index in [1.165, 1.54) is 74.5 Å². The predicted octanol–water partition coefficient (Wildman–Crippen LogP) is 9.32. The summed E-state index contributed by atoms with van der Waals surface area (Å²) in [6.45, 7) is 26.0. The van der Waals surface area contributed by atoms with Crippen LogP contribution in [0.15, 0.2) is 42.5 Å². The van der Waals surface area contributed by atoms with E-state index in [0.717, 1.165) is 58.5 Å². The normalized spacial score (nSPS) is 40.9.